The van der Waals surface area contributed by atoms with Crippen LogP contribution in [0.1, 0.15) is 43.4 Å². The normalized spacial score (nSPS) is 21.9. The average molecular weight is 363 g/mol. The number of carbonyl (C=O) groups excluding carboxylic acids is 1. The molecule has 4 nitrogen and oxygen atoms in total. The number of rotatable bonds is 2. The summed E-state index contributed by atoms with van der Waals surface area (Å²) < 4.78 is 5.73. The van der Waals surface area contributed by atoms with Crippen LogP contribution in [0, 0.1) is 5.41 Å². The van der Waals surface area contributed by atoms with Crippen molar-refractivity contribution in [2.24, 2.45) is 11.1 Å². The minimum Gasteiger partial charge on any atom is -0.464 e. The number of carbonyl (C=O) groups is 1. The zero-order valence-electron chi connectivity index (χ0n) is 15.0. The Morgan fingerprint density at radius 2 is 2.04 bits per heavy atom. The van der Waals surface area contributed by atoms with Gasteiger partial charge in [-0.05, 0) is 54.4 Å². The van der Waals surface area contributed by atoms with Gasteiger partial charge in [0.25, 0.3) is 0 Å². The molecule has 0 radical (unpaired) electrons. The van der Waals surface area contributed by atoms with Gasteiger partial charge in [-0.15, -0.1) is 12.4 Å². The fourth-order valence-corrected chi connectivity index (χ4v) is 4.15. The van der Waals surface area contributed by atoms with Crippen molar-refractivity contribution in [3.63, 3.8) is 0 Å². The van der Waals surface area contributed by atoms with E-state index in [2.05, 4.69) is 26.0 Å². The molecule has 1 fully saturated rings. The third-order valence-electron chi connectivity index (χ3n) is 5.87. The number of aryl methyl sites for hydroxylation is 2. The standard InChI is InChI=1S/C20H26N2O2.ClH/c1-20(2)12-22(7-6-18(20)21)19(23)10-15-11-24-17-9-14-5-3-4-13(14)8-16(15)17;/h8-9,11,18H,3-7,10,12,21H2,1-2H3;1H. The summed E-state index contributed by atoms with van der Waals surface area (Å²) in [5.74, 6) is 0.179. The summed E-state index contributed by atoms with van der Waals surface area (Å²) in [5, 5.41) is 1.11. The van der Waals surface area contributed by atoms with E-state index in [-0.39, 0.29) is 29.8 Å². The van der Waals surface area contributed by atoms with Crippen LogP contribution < -0.4 is 5.73 Å². The van der Waals surface area contributed by atoms with Crippen LogP contribution in [0.15, 0.2) is 22.8 Å². The number of piperidine rings is 1. The number of amides is 1. The maximum absolute atomic E-state index is 12.8. The van der Waals surface area contributed by atoms with E-state index in [1.165, 1.54) is 17.5 Å². The Labute approximate surface area is 155 Å². The molecule has 5 heteroatoms. The number of furan rings is 1. The van der Waals surface area contributed by atoms with E-state index >= 15 is 0 Å². The third kappa shape index (κ3) is 3.30. The van der Waals surface area contributed by atoms with Crippen LogP contribution in [0.3, 0.4) is 0 Å². The Morgan fingerprint density at radius 1 is 1.32 bits per heavy atom. The first-order valence-electron chi connectivity index (χ1n) is 8.99. The van der Waals surface area contributed by atoms with Crippen molar-refractivity contribution in [2.75, 3.05) is 13.1 Å². The van der Waals surface area contributed by atoms with Crippen molar-refractivity contribution in [1.29, 1.82) is 0 Å². The van der Waals surface area contributed by atoms with Gasteiger partial charge in [0.2, 0.25) is 5.91 Å². The lowest BCUT2D eigenvalue weighted by atomic mass is 9.79. The second kappa shape index (κ2) is 6.65. The Bertz CT molecular complexity index is 796. The number of fused-ring (bicyclic) bond motifs is 2. The van der Waals surface area contributed by atoms with Gasteiger partial charge in [0.15, 0.2) is 0 Å². The zero-order chi connectivity index (χ0) is 16.9. The van der Waals surface area contributed by atoms with Crippen molar-refractivity contribution < 1.29 is 9.21 Å². The van der Waals surface area contributed by atoms with E-state index in [0.29, 0.717) is 6.42 Å². The van der Waals surface area contributed by atoms with Crippen molar-refractivity contribution in [3.8, 4) is 0 Å². The number of hydrogen-bond acceptors (Lipinski definition) is 3. The van der Waals surface area contributed by atoms with E-state index in [0.717, 1.165) is 48.9 Å². The smallest absolute Gasteiger partial charge is 0.227 e. The molecule has 1 saturated heterocycles. The predicted molar refractivity (Wildman–Crippen MR) is 102 cm³/mol. The fraction of sp³-hybridized carbons (Fsp3) is 0.550. The number of nitrogens with zero attached hydrogens (tertiary/aromatic N) is 1. The fourth-order valence-electron chi connectivity index (χ4n) is 4.15. The second-order valence-electron chi connectivity index (χ2n) is 8.11. The molecule has 1 amide bonds. The van der Waals surface area contributed by atoms with Crippen LogP contribution in [0.5, 0.6) is 0 Å². The molecule has 0 saturated carbocycles. The minimum atomic E-state index is -0.0206. The largest absolute Gasteiger partial charge is 0.464 e. The highest BCUT2D eigenvalue weighted by molar-refractivity contribution is 5.88. The number of benzene rings is 1. The van der Waals surface area contributed by atoms with Gasteiger partial charge in [-0.25, -0.2) is 0 Å². The van der Waals surface area contributed by atoms with Gasteiger partial charge in [-0.2, -0.15) is 0 Å². The Morgan fingerprint density at radius 3 is 2.76 bits per heavy atom. The van der Waals surface area contributed by atoms with Crippen molar-refractivity contribution in [2.45, 2.75) is 52.0 Å². The van der Waals surface area contributed by atoms with Gasteiger partial charge in [0.05, 0.1) is 12.7 Å². The summed E-state index contributed by atoms with van der Waals surface area (Å²) in [6.07, 6.45) is 6.55. The van der Waals surface area contributed by atoms with Crippen molar-refractivity contribution in [3.05, 3.63) is 35.1 Å². The molecule has 136 valence electrons. The lowest BCUT2D eigenvalue weighted by Crippen LogP contribution is -2.54. The summed E-state index contributed by atoms with van der Waals surface area (Å²) in [6, 6.07) is 4.56. The number of halogens is 1. The third-order valence-corrected chi connectivity index (χ3v) is 5.87. The summed E-state index contributed by atoms with van der Waals surface area (Å²) in [5.41, 5.74) is 10.9. The molecule has 1 unspecified atom stereocenters. The SMILES string of the molecule is CC1(C)CN(C(=O)Cc2coc3cc4c(cc23)CCC4)CCC1N.Cl. The van der Waals surface area contributed by atoms with Gasteiger partial charge in [-0.3, -0.25) is 4.79 Å². The van der Waals surface area contributed by atoms with Crippen LogP contribution in [-0.2, 0) is 24.1 Å². The van der Waals surface area contributed by atoms with Crippen LogP contribution >= 0.6 is 12.4 Å². The molecule has 2 aliphatic rings. The molecule has 0 spiro atoms. The molecule has 0 bridgehead atoms. The monoisotopic (exact) mass is 362 g/mol. The van der Waals surface area contributed by atoms with Crippen LogP contribution in [0.4, 0.5) is 0 Å². The maximum Gasteiger partial charge on any atom is 0.227 e. The molecular weight excluding hydrogens is 336 g/mol. The Kier molecular flexibility index (Phi) is 4.86. The number of hydrogen-bond donors (Lipinski definition) is 1. The summed E-state index contributed by atoms with van der Waals surface area (Å²) in [4.78, 5) is 14.7. The molecule has 2 heterocycles. The van der Waals surface area contributed by atoms with Crippen LogP contribution in [0.25, 0.3) is 11.0 Å². The first-order chi connectivity index (χ1) is 11.4. The summed E-state index contributed by atoms with van der Waals surface area (Å²) >= 11 is 0. The van der Waals surface area contributed by atoms with Crippen LogP contribution in [0.2, 0.25) is 0 Å². The first kappa shape index (κ1) is 18.3. The molecular formula is C20H27ClN2O2. The maximum atomic E-state index is 12.8. The molecule has 1 aliphatic carbocycles. The number of likely N-dealkylation sites (tertiary alicyclic amines) is 1. The van der Waals surface area contributed by atoms with Gasteiger partial charge < -0.3 is 15.1 Å². The lowest BCUT2D eigenvalue weighted by molar-refractivity contribution is -0.133. The van der Waals surface area contributed by atoms with Crippen molar-refractivity contribution >= 4 is 29.3 Å². The van der Waals surface area contributed by atoms with E-state index in [4.69, 9.17) is 10.2 Å². The molecule has 1 aromatic carbocycles. The highest BCUT2D eigenvalue weighted by atomic mass is 35.5. The van der Waals surface area contributed by atoms with E-state index in [9.17, 15) is 4.79 Å². The van der Waals surface area contributed by atoms with Gasteiger partial charge in [0, 0.05) is 30.1 Å². The Hall–Kier alpha value is -1.52. The number of nitrogens with two attached hydrogens (primary N) is 1. The van der Waals surface area contributed by atoms with E-state index < -0.39 is 0 Å². The molecule has 2 aromatic rings. The van der Waals surface area contributed by atoms with Crippen LogP contribution in [-0.4, -0.2) is 29.9 Å². The molecule has 25 heavy (non-hydrogen) atoms. The van der Waals surface area contributed by atoms with E-state index in [1.54, 1.807) is 6.26 Å². The van der Waals surface area contributed by atoms with Gasteiger partial charge in [-0.1, -0.05) is 13.8 Å². The lowest BCUT2D eigenvalue weighted by Gasteiger charge is -2.42. The summed E-state index contributed by atoms with van der Waals surface area (Å²) in [7, 11) is 0. The molecule has 1 aliphatic heterocycles. The predicted octanol–water partition coefficient (Wildman–Crippen LogP) is 3.47. The van der Waals surface area contributed by atoms with E-state index in [1.807, 2.05) is 4.90 Å². The average Bonchev–Trinajstić information content (AvgIpc) is 3.14. The Balaban J connectivity index is 0.00000182. The molecule has 1 atom stereocenters. The minimum absolute atomic E-state index is 0. The second-order valence-corrected chi connectivity index (χ2v) is 8.11. The summed E-state index contributed by atoms with van der Waals surface area (Å²) in [6.45, 7) is 5.79. The topological polar surface area (TPSA) is 59.5 Å². The molecule has 2 N–H and O–H groups in total. The van der Waals surface area contributed by atoms with Gasteiger partial charge >= 0.3 is 0 Å². The zero-order valence-corrected chi connectivity index (χ0v) is 15.8. The quantitative estimate of drug-likeness (QED) is 0.889. The van der Waals surface area contributed by atoms with Crippen molar-refractivity contribution in [1.82, 2.24) is 4.90 Å². The highest BCUT2D eigenvalue weighted by Crippen LogP contribution is 2.32. The molecule has 4 rings (SSSR count). The highest BCUT2D eigenvalue weighted by Gasteiger charge is 2.35. The van der Waals surface area contributed by atoms with Gasteiger partial charge in [0.1, 0.15) is 5.58 Å². The molecule has 1 aromatic heterocycles. The first-order valence-corrected chi connectivity index (χ1v) is 8.99.